The minimum Gasteiger partial charge on any atom is -0.315 e. The Morgan fingerprint density at radius 3 is 2.36 bits per heavy atom. The molecule has 0 saturated carbocycles. The standard InChI is InChI=1S/C7H9N3.ClH/c1-6(2-8-1)7-3-9-5-10-4-7;/h3-6,8H,1-2H2;1H. The molecule has 1 aliphatic heterocycles. The van der Waals surface area contributed by atoms with Crippen molar-refractivity contribution in [1.29, 1.82) is 0 Å². The highest BCUT2D eigenvalue weighted by Crippen LogP contribution is 2.16. The van der Waals surface area contributed by atoms with E-state index in [1.165, 1.54) is 5.56 Å². The van der Waals surface area contributed by atoms with Crippen LogP contribution in [-0.2, 0) is 0 Å². The Morgan fingerprint density at radius 1 is 1.27 bits per heavy atom. The van der Waals surface area contributed by atoms with Crippen molar-refractivity contribution in [3.63, 3.8) is 0 Å². The van der Waals surface area contributed by atoms with Gasteiger partial charge in [-0.25, -0.2) is 9.97 Å². The molecule has 2 rings (SSSR count). The Labute approximate surface area is 71.7 Å². The molecular formula is C7H10ClN3. The van der Waals surface area contributed by atoms with Crippen molar-refractivity contribution in [2.45, 2.75) is 5.92 Å². The molecule has 1 fully saturated rings. The van der Waals surface area contributed by atoms with Gasteiger partial charge in [0.2, 0.25) is 0 Å². The van der Waals surface area contributed by atoms with Gasteiger partial charge in [-0.15, -0.1) is 12.4 Å². The van der Waals surface area contributed by atoms with Crippen molar-refractivity contribution < 1.29 is 0 Å². The summed E-state index contributed by atoms with van der Waals surface area (Å²) in [5.41, 5.74) is 1.25. The molecule has 1 aromatic heterocycles. The fraction of sp³-hybridized carbons (Fsp3) is 0.429. The first kappa shape index (κ1) is 8.43. The zero-order chi connectivity index (χ0) is 6.81. The summed E-state index contributed by atoms with van der Waals surface area (Å²) in [7, 11) is 0. The van der Waals surface area contributed by atoms with Crippen LogP contribution in [0.15, 0.2) is 18.7 Å². The van der Waals surface area contributed by atoms with E-state index >= 15 is 0 Å². The minimum absolute atomic E-state index is 0. The van der Waals surface area contributed by atoms with Crippen LogP contribution >= 0.6 is 12.4 Å². The molecule has 2 heterocycles. The molecule has 0 aromatic carbocycles. The topological polar surface area (TPSA) is 37.8 Å². The summed E-state index contributed by atoms with van der Waals surface area (Å²) >= 11 is 0. The maximum absolute atomic E-state index is 3.95. The average Bonchev–Trinajstić information content (AvgIpc) is 1.86. The van der Waals surface area contributed by atoms with Gasteiger partial charge < -0.3 is 5.32 Å². The van der Waals surface area contributed by atoms with Gasteiger partial charge in [0.15, 0.2) is 0 Å². The van der Waals surface area contributed by atoms with Crippen molar-refractivity contribution in [2.75, 3.05) is 13.1 Å². The molecule has 1 aromatic rings. The quantitative estimate of drug-likeness (QED) is 0.672. The molecule has 60 valence electrons. The first-order valence-corrected chi connectivity index (χ1v) is 3.42. The van der Waals surface area contributed by atoms with Crippen LogP contribution in [0.25, 0.3) is 0 Å². The van der Waals surface area contributed by atoms with E-state index in [1.54, 1.807) is 6.33 Å². The fourth-order valence-corrected chi connectivity index (χ4v) is 1.05. The van der Waals surface area contributed by atoms with Gasteiger partial charge in [-0.1, -0.05) is 0 Å². The van der Waals surface area contributed by atoms with Crippen molar-refractivity contribution >= 4 is 12.4 Å². The van der Waals surface area contributed by atoms with Gasteiger partial charge in [0.25, 0.3) is 0 Å². The van der Waals surface area contributed by atoms with E-state index in [0.717, 1.165) is 13.1 Å². The van der Waals surface area contributed by atoms with Crippen LogP contribution in [0.5, 0.6) is 0 Å². The lowest BCUT2D eigenvalue weighted by Gasteiger charge is -2.26. The Morgan fingerprint density at radius 2 is 1.91 bits per heavy atom. The first-order chi connectivity index (χ1) is 4.97. The molecule has 1 aliphatic rings. The molecule has 4 heteroatoms. The van der Waals surface area contributed by atoms with E-state index in [0.29, 0.717) is 5.92 Å². The summed E-state index contributed by atoms with van der Waals surface area (Å²) in [6.07, 6.45) is 5.34. The van der Waals surface area contributed by atoms with Crippen molar-refractivity contribution in [3.05, 3.63) is 24.3 Å². The highest BCUT2D eigenvalue weighted by molar-refractivity contribution is 5.85. The largest absolute Gasteiger partial charge is 0.315 e. The lowest BCUT2D eigenvalue weighted by molar-refractivity contribution is 0.446. The third-order valence-electron chi connectivity index (χ3n) is 1.83. The molecule has 3 nitrogen and oxygen atoms in total. The average molecular weight is 172 g/mol. The molecular weight excluding hydrogens is 162 g/mol. The number of halogens is 1. The van der Waals surface area contributed by atoms with Crippen molar-refractivity contribution in [1.82, 2.24) is 15.3 Å². The highest BCUT2D eigenvalue weighted by Gasteiger charge is 2.18. The van der Waals surface area contributed by atoms with Gasteiger partial charge in [0, 0.05) is 31.4 Å². The smallest absolute Gasteiger partial charge is 0.115 e. The van der Waals surface area contributed by atoms with Crippen LogP contribution in [0.2, 0.25) is 0 Å². The normalized spacial score (nSPS) is 16.7. The lowest BCUT2D eigenvalue weighted by atomic mass is 9.97. The summed E-state index contributed by atoms with van der Waals surface area (Å²) in [5, 5.41) is 3.20. The van der Waals surface area contributed by atoms with E-state index in [9.17, 15) is 0 Å². The Kier molecular flexibility index (Phi) is 2.79. The van der Waals surface area contributed by atoms with Gasteiger partial charge in [-0.3, -0.25) is 0 Å². The molecule has 1 N–H and O–H groups in total. The SMILES string of the molecule is Cl.c1ncc(C2CNC2)cn1. The third kappa shape index (κ3) is 1.67. The summed E-state index contributed by atoms with van der Waals surface area (Å²) in [6, 6.07) is 0. The highest BCUT2D eigenvalue weighted by atomic mass is 35.5. The molecule has 0 unspecified atom stereocenters. The Hall–Kier alpha value is -0.670. The van der Waals surface area contributed by atoms with E-state index in [-0.39, 0.29) is 12.4 Å². The molecule has 0 atom stereocenters. The zero-order valence-electron chi connectivity index (χ0n) is 6.03. The van der Waals surface area contributed by atoms with E-state index < -0.39 is 0 Å². The monoisotopic (exact) mass is 171 g/mol. The van der Waals surface area contributed by atoms with Crippen molar-refractivity contribution in [2.24, 2.45) is 0 Å². The maximum atomic E-state index is 3.95. The first-order valence-electron chi connectivity index (χ1n) is 3.42. The number of hydrogen-bond donors (Lipinski definition) is 1. The molecule has 0 radical (unpaired) electrons. The number of nitrogens with zero attached hydrogens (tertiary/aromatic N) is 2. The predicted molar refractivity (Wildman–Crippen MR) is 44.9 cm³/mol. The van der Waals surface area contributed by atoms with Gasteiger partial charge >= 0.3 is 0 Å². The van der Waals surface area contributed by atoms with Crippen LogP contribution in [0.3, 0.4) is 0 Å². The number of hydrogen-bond acceptors (Lipinski definition) is 3. The second kappa shape index (κ2) is 3.64. The van der Waals surface area contributed by atoms with Crippen LogP contribution in [0, 0.1) is 0 Å². The van der Waals surface area contributed by atoms with Gasteiger partial charge in [0.1, 0.15) is 6.33 Å². The van der Waals surface area contributed by atoms with Crippen LogP contribution in [0.4, 0.5) is 0 Å². The summed E-state index contributed by atoms with van der Waals surface area (Å²) < 4.78 is 0. The summed E-state index contributed by atoms with van der Waals surface area (Å²) in [5.74, 6) is 0.654. The van der Waals surface area contributed by atoms with E-state index in [1.807, 2.05) is 12.4 Å². The van der Waals surface area contributed by atoms with Crippen LogP contribution < -0.4 is 5.32 Å². The Balaban J connectivity index is 0.000000605. The molecule has 0 spiro atoms. The van der Waals surface area contributed by atoms with Gasteiger partial charge in [-0.2, -0.15) is 0 Å². The molecule has 0 amide bonds. The van der Waals surface area contributed by atoms with E-state index in [2.05, 4.69) is 15.3 Å². The van der Waals surface area contributed by atoms with Gasteiger partial charge in [-0.05, 0) is 5.56 Å². The molecule has 0 bridgehead atoms. The maximum Gasteiger partial charge on any atom is 0.115 e. The minimum atomic E-state index is 0. The fourth-order valence-electron chi connectivity index (χ4n) is 1.05. The molecule has 0 aliphatic carbocycles. The van der Waals surface area contributed by atoms with Gasteiger partial charge in [0.05, 0.1) is 0 Å². The van der Waals surface area contributed by atoms with Crippen molar-refractivity contribution in [3.8, 4) is 0 Å². The molecule has 11 heavy (non-hydrogen) atoms. The zero-order valence-corrected chi connectivity index (χ0v) is 6.84. The van der Waals surface area contributed by atoms with Crippen LogP contribution in [-0.4, -0.2) is 23.1 Å². The summed E-state index contributed by atoms with van der Waals surface area (Å²) in [4.78, 5) is 7.90. The third-order valence-corrected chi connectivity index (χ3v) is 1.83. The summed E-state index contributed by atoms with van der Waals surface area (Å²) in [6.45, 7) is 2.15. The number of rotatable bonds is 1. The van der Waals surface area contributed by atoms with Crippen LogP contribution in [0.1, 0.15) is 11.5 Å². The second-order valence-electron chi connectivity index (χ2n) is 2.53. The lowest BCUT2D eigenvalue weighted by Crippen LogP contribution is -2.39. The number of aromatic nitrogens is 2. The molecule has 1 saturated heterocycles. The predicted octanol–water partition coefficient (Wildman–Crippen LogP) is 0.585. The second-order valence-corrected chi connectivity index (χ2v) is 2.53. The Bertz CT molecular complexity index is 210. The van der Waals surface area contributed by atoms with E-state index in [4.69, 9.17) is 0 Å². The number of nitrogens with one attached hydrogen (secondary N) is 1.